The van der Waals surface area contributed by atoms with Crippen LogP contribution in [0.5, 0.6) is 0 Å². The van der Waals surface area contributed by atoms with Crippen LogP contribution in [0.1, 0.15) is 24.5 Å². The van der Waals surface area contributed by atoms with Crippen LogP contribution in [0.4, 0.5) is 0 Å². The molecule has 1 heterocycles. The average molecular weight is 338 g/mol. The normalized spacial score (nSPS) is 15.4. The van der Waals surface area contributed by atoms with Gasteiger partial charge in [0.1, 0.15) is 0 Å². The molecule has 23 heavy (non-hydrogen) atoms. The van der Waals surface area contributed by atoms with Gasteiger partial charge in [0, 0.05) is 33.2 Å². The van der Waals surface area contributed by atoms with Crippen LogP contribution in [0.2, 0.25) is 0 Å². The smallest absolute Gasteiger partial charge is 0.211 e. The molecule has 0 atom stereocenters. The number of nitrogens with one attached hydrogen (secondary N) is 2. The summed E-state index contributed by atoms with van der Waals surface area (Å²) in [7, 11) is -1.32. The molecule has 1 aromatic carbocycles. The predicted octanol–water partition coefficient (Wildman–Crippen LogP) is 0.950. The molecule has 1 aromatic rings. The Morgan fingerprint density at radius 3 is 2.70 bits per heavy atom. The van der Waals surface area contributed by atoms with Crippen molar-refractivity contribution in [3.63, 3.8) is 0 Å². The van der Waals surface area contributed by atoms with Gasteiger partial charge in [-0.1, -0.05) is 24.3 Å². The summed E-state index contributed by atoms with van der Waals surface area (Å²) in [6.45, 7) is 4.58. The molecule has 0 radical (unpaired) electrons. The third-order valence-electron chi connectivity index (χ3n) is 3.98. The molecule has 0 saturated heterocycles. The highest BCUT2D eigenvalue weighted by Crippen LogP contribution is 2.18. The summed E-state index contributed by atoms with van der Waals surface area (Å²) in [4.78, 5) is 6.57. The van der Waals surface area contributed by atoms with Crippen LogP contribution in [0.3, 0.4) is 0 Å². The average Bonchev–Trinajstić information content (AvgIpc) is 2.57. The second kappa shape index (κ2) is 8.31. The Hall–Kier alpha value is -1.60. The van der Waals surface area contributed by atoms with Crippen molar-refractivity contribution in [3.05, 3.63) is 35.4 Å². The zero-order valence-electron chi connectivity index (χ0n) is 13.9. The van der Waals surface area contributed by atoms with Crippen molar-refractivity contribution in [2.75, 3.05) is 32.4 Å². The molecule has 2 N–H and O–H groups in total. The van der Waals surface area contributed by atoms with Gasteiger partial charge in [0.2, 0.25) is 10.0 Å². The highest BCUT2D eigenvalue weighted by Gasteiger charge is 2.18. The van der Waals surface area contributed by atoms with Gasteiger partial charge >= 0.3 is 0 Å². The van der Waals surface area contributed by atoms with E-state index in [-0.39, 0.29) is 5.75 Å². The number of sulfonamides is 1. The van der Waals surface area contributed by atoms with Gasteiger partial charge in [-0.05, 0) is 30.9 Å². The van der Waals surface area contributed by atoms with E-state index in [0.29, 0.717) is 13.1 Å². The number of guanidine groups is 1. The number of rotatable bonds is 6. The van der Waals surface area contributed by atoms with E-state index in [0.717, 1.165) is 31.9 Å². The van der Waals surface area contributed by atoms with E-state index in [1.54, 1.807) is 14.0 Å². The van der Waals surface area contributed by atoms with Crippen LogP contribution in [-0.4, -0.2) is 51.7 Å². The van der Waals surface area contributed by atoms with Gasteiger partial charge in [0.05, 0.1) is 5.75 Å². The summed E-state index contributed by atoms with van der Waals surface area (Å²) in [5.41, 5.74) is 2.76. The molecule has 0 bridgehead atoms. The minimum absolute atomic E-state index is 0.120. The van der Waals surface area contributed by atoms with E-state index < -0.39 is 10.0 Å². The highest BCUT2D eigenvalue weighted by molar-refractivity contribution is 7.89. The van der Waals surface area contributed by atoms with Gasteiger partial charge in [-0.2, -0.15) is 0 Å². The monoisotopic (exact) mass is 338 g/mol. The first-order valence-corrected chi connectivity index (χ1v) is 9.70. The molecule has 7 heteroatoms. The lowest BCUT2D eigenvalue weighted by Crippen LogP contribution is -2.44. The number of nitrogens with zero attached hydrogens (tertiary/aromatic N) is 2. The minimum atomic E-state index is -3.10. The van der Waals surface area contributed by atoms with Crippen LogP contribution in [0, 0.1) is 0 Å². The van der Waals surface area contributed by atoms with Gasteiger partial charge in [-0.3, -0.25) is 4.99 Å². The van der Waals surface area contributed by atoms with E-state index >= 15 is 0 Å². The lowest BCUT2D eigenvalue weighted by Gasteiger charge is -2.31. The Labute approximate surface area is 139 Å². The number of fused-ring (bicyclic) bond motifs is 1. The molecule has 0 amide bonds. The molecule has 128 valence electrons. The van der Waals surface area contributed by atoms with Crippen molar-refractivity contribution < 1.29 is 8.42 Å². The predicted molar refractivity (Wildman–Crippen MR) is 94.0 cm³/mol. The zero-order valence-corrected chi connectivity index (χ0v) is 14.7. The molecule has 1 aliphatic rings. The molecule has 0 spiro atoms. The maximum Gasteiger partial charge on any atom is 0.211 e. The van der Waals surface area contributed by atoms with Crippen LogP contribution in [-0.2, 0) is 23.0 Å². The van der Waals surface area contributed by atoms with Crippen molar-refractivity contribution >= 4 is 16.0 Å². The summed E-state index contributed by atoms with van der Waals surface area (Å²) in [6, 6.07) is 8.49. The first-order valence-electron chi connectivity index (χ1n) is 8.05. The van der Waals surface area contributed by atoms with E-state index in [4.69, 9.17) is 0 Å². The molecule has 0 fully saturated rings. The molecule has 2 rings (SSSR count). The molecule has 0 saturated carbocycles. The maximum absolute atomic E-state index is 11.4. The summed E-state index contributed by atoms with van der Waals surface area (Å²) in [5, 5.41) is 3.32. The lowest BCUT2D eigenvalue weighted by molar-refractivity contribution is 0.378. The highest BCUT2D eigenvalue weighted by atomic mass is 32.2. The fraction of sp³-hybridized carbons (Fsp3) is 0.562. The van der Waals surface area contributed by atoms with Crippen LogP contribution >= 0.6 is 0 Å². The van der Waals surface area contributed by atoms with Crippen molar-refractivity contribution in [1.29, 1.82) is 0 Å². The Morgan fingerprint density at radius 1 is 1.26 bits per heavy atom. The number of aliphatic imine (C=N–C) groups is 1. The van der Waals surface area contributed by atoms with E-state index in [1.165, 1.54) is 11.1 Å². The number of hydrogen-bond acceptors (Lipinski definition) is 3. The van der Waals surface area contributed by atoms with Crippen LogP contribution < -0.4 is 10.0 Å². The van der Waals surface area contributed by atoms with Gasteiger partial charge < -0.3 is 10.2 Å². The topological polar surface area (TPSA) is 73.8 Å². The number of benzene rings is 1. The van der Waals surface area contributed by atoms with Crippen LogP contribution in [0.15, 0.2) is 29.3 Å². The molecule has 0 unspecified atom stereocenters. The van der Waals surface area contributed by atoms with Crippen molar-refractivity contribution in [3.8, 4) is 0 Å². The van der Waals surface area contributed by atoms with E-state index in [9.17, 15) is 8.42 Å². The number of hydrogen-bond donors (Lipinski definition) is 2. The quantitative estimate of drug-likeness (QED) is 0.460. The Morgan fingerprint density at radius 2 is 2.00 bits per heavy atom. The summed E-state index contributed by atoms with van der Waals surface area (Å²) >= 11 is 0. The third-order valence-corrected chi connectivity index (χ3v) is 5.38. The maximum atomic E-state index is 11.4. The fourth-order valence-electron chi connectivity index (χ4n) is 2.63. The van der Waals surface area contributed by atoms with E-state index in [1.807, 2.05) is 0 Å². The Kier molecular flexibility index (Phi) is 6.41. The zero-order chi connectivity index (χ0) is 16.7. The molecular weight excluding hydrogens is 312 g/mol. The summed E-state index contributed by atoms with van der Waals surface area (Å²) in [5.74, 6) is 0.993. The second-order valence-electron chi connectivity index (χ2n) is 5.57. The van der Waals surface area contributed by atoms with Crippen molar-refractivity contribution in [2.24, 2.45) is 4.99 Å². The van der Waals surface area contributed by atoms with Crippen LogP contribution in [0.25, 0.3) is 0 Å². The molecule has 6 nitrogen and oxygen atoms in total. The standard InChI is InChI=1S/C16H26N4O2S/c1-3-23(21,22)19-11-6-10-18-16(17-2)20-12-9-14-7-4-5-8-15(14)13-20/h4-5,7-8,19H,3,6,9-13H2,1-2H3,(H,17,18). The van der Waals surface area contributed by atoms with Gasteiger partial charge in [0.25, 0.3) is 0 Å². The molecule has 0 aromatic heterocycles. The van der Waals surface area contributed by atoms with Gasteiger partial charge in [-0.15, -0.1) is 0 Å². The Bertz CT molecular complexity index is 643. The third kappa shape index (κ3) is 5.21. The lowest BCUT2D eigenvalue weighted by atomic mass is 10.0. The Balaban J connectivity index is 1.78. The van der Waals surface area contributed by atoms with E-state index in [2.05, 4.69) is 44.2 Å². The molecule has 1 aliphatic heterocycles. The largest absolute Gasteiger partial charge is 0.356 e. The molecule has 0 aliphatic carbocycles. The van der Waals surface area contributed by atoms with Gasteiger partial charge in [-0.25, -0.2) is 13.1 Å². The summed E-state index contributed by atoms with van der Waals surface area (Å²) in [6.07, 6.45) is 1.75. The second-order valence-corrected chi connectivity index (χ2v) is 7.66. The molecular formula is C16H26N4O2S. The van der Waals surface area contributed by atoms with Crippen molar-refractivity contribution in [2.45, 2.75) is 26.3 Å². The fourth-order valence-corrected chi connectivity index (χ4v) is 3.29. The van der Waals surface area contributed by atoms with Crippen molar-refractivity contribution in [1.82, 2.24) is 14.9 Å². The first kappa shape index (κ1) is 17.7. The SMILES string of the molecule is CCS(=O)(=O)NCCCNC(=NC)N1CCc2ccccc2C1. The summed E-state index contributed by atoms with van der Waals surface area (Å²) < 4.78 is 25.3. The van der Waals surface area contributed by atoms with Gasteiger partial charge in [0.15, 0.2) is 5.96 Å². The minimum Gasteiger partial charge on any atom is -0.356 e. The first-order chi connectivity index (χ1) is 11.1.